The Hall–Kier alpha value is -4.23. The number of hydrogen-bond acceptors (Lipinski definition) is 5. The monoisotopic (exact) mass is 448 g/mol. The zero-order valence-electron chi connectivity index (χ0n) is 18.6. The molecule has 168 valence electrons. The van der Waals surface area contributed by atoms with Gasteiger partial charge in [0.15, 0.2) is 5.65 Å². The Morgan fingerprint density at radius 2 is 1.71 bits per heavy atom. The summed E-state index contributed by atoms with van der Waals surface area (Å²) in [7, 11) is 0. The first-order chi connectivity index (χ1) is 16.8. The standard InChI is InChI=1S/C27H24N6O/c34-27(31-23-7-3-4-8-25(23)32-15-12-28-13-16-32)24-11-14-33-26(30-24)22(18-29-33)21-10-9-19-5-1-2-6-20(19)17-21/h1-11,14,17-18,28H,12-13,15-16H2,(H,31,34). The normalized spacial score (nSPS) is 13.9. The van der Waals surface area contributed by atoms with Crippen molar-refractivity contribution in [3.8, 4) is 11.1 Å². The van der Waals surface area contributed by atoms with E-state index in [0.29, 0.717) is 11.3 Å². The molecule has 1 aliphatic heterocycles. The molecule has 2 aromatic heterocycles. The van der Waals surface area contributed by atoms with Gasteiger partial charge in [0.05, 0.1) is 17.6 Å². The molecule has 1 saturated heterocycles. The van der Waals surface area contributed by atoms with E-state index in [-0.39, 0.29) is 5.91 Å². The Balaban J connectivity index is 1.32. The summed E-state index contributed by atoms with van der Waals surface area (Å²) in [6.45, 7) is 3.67. The number of nitrogens with one attached hydrogen (secondary N) is 2. The van der Waals surface area contributed by atoms with Crippen molar-refractivity contribution in [2.45, 2.75) is 0 Å². The minimum atomic E-state index is -0.240. The van der Waals surface area contributed by atoms with Crippen LogP contribution in [0.2, 0.25) is 0 Å². The lowest BCUT2D eigenvalue weighted by Crippen LogP contribution is -2.43. The van der Waals surface area contributed by atoms with Crippen LogP contribution in [0.5, 0.6) is 0 Å². The molecule has 1 aliphatic rings. The number of anilines is 2. The molecule has 0 bridgehead atoms. The number of fused-ring (bicyclic) bond motifs is 2. The van der Waals surface area contributed by atoms with Crippen molar-refractivity contribution in [3.63, 3.8) is 0 Å². The Morgan fingerprint density at radius 3 is 2.59 bits per heavy atom. The lowest BCUT2D eigenvalue weighted by molar-refractivity contribution is 0.102. The summed E-state index contributed by atoms with van der Waals surface area (Å²) in [5, 5.41) is 13.2. The zero-order chi connectivity index (χ0) is 22.9. The molecule has 0 atom stereocenters. The van der Waals surface area contributed by atoms with Crippen molar-refractivity contribution in [1.82, 2.24) is 19.9 Å². The smallest absolute Gasteiger partial charge is 0.274 e. The summed E-state index contributed by atoms with van der Waals surface area (Å²) in [5.41, 5.74) is 4.73. The summed E-state index contributed by atoms with van der Waals surface area (Å²) in [5.74, 6) is -0.240. The molecule has 3 aromatic carbocycles. The van der Waals surface area contributed by atoms with Crippen molar-refractivity contribution in [2.24, 2.45) is 0 Å². The van der Waals surface area contributed by atoms with Gasteiger partial charge in [-0.05, 0) is 40.6 Å². The van der Waals surface area contributed by atoms with Gasteiger partial charge in [-0.1, -0.05) is 48.5 Å². The Morgan fingerprint density at radius 1 is 0.912 bits per heavy atom. The Bertz CT molecular complexity index is 1500. The van der Waals surface area contributed by atoms with Gasteiger partial charge in [0.2, 0.25) is 0 Å². The number of carbonyl (C=O) groups excluding carboxylic acids is 1. The molecule has 6 rings (SSSR count). The Kier molecular flexibility index (Phi) is 5.16. The van der Waals surface area contributed by atoms with Crippen LogP contribution in [0.3, 0.4) is 0 Å². The molecule has 7 nitrogen and oxygen atoms in total. The van der Waals surface area contributed by atoms with E-state index in [9.17, 15) is 4.79 Å². The largest absolute Gasteiger partial charge is 0.367 e. The highest BCUT2D eigenvalue weighted by atomic mass is 16.1. The molecule has 0 unspecified atom stereocenters. The van der Waals surface area contributed by atoms with Crippen LogP contribution in [0.25, 0.3) is 27.5 Å². The summed E-state index contributed by atoms with van der Waals surface area (Å²) in [6, 6.07) is 24.2. The van der Waals surface area contributed by atoms with Crippen LogP contribution < -0.4 is 15.5 Å². The predicted molar refractivity (Wildman–Crippen MR) is 135 cm³/mol. The van der Waals surface area contributed by atoms with Gasteiger partial charge >= 0.3 is 0 Å². The molecule has 34 heavy (non-hydrogen) atoms. The van der Waals surface area contributed by atoms with Crippen LogP contribution >= 0.6 is 0 Å². The van der Waals surface area contributed by atoms with Crippen LogP contribution in [0.15, 0.2) is 85.2 Å². The first kappa shape index (κ1) is 20.4. The van der Waals surface area contributed by atoms with Crippen LogP contribution in [0.4, 0.5) is 11.4 Å². The molecule has 0 saturated carbocycles. The highest BCUT2D eigenvalue weighted by Gasteiger charge is 2.18. The molecule has 3 heterocycles. The van der Waals surface area contributed by atoms with Gasteiger partial charge in [-0.2, -0.15) is 5.10 Å². The summed E-state index contributed by atoms with van der Waals surface area (Å²) in [4.78, 5) is 20.2. The maximum atomic E-state index is 13.2. The van der Waals surface area contributed by atoms with E-state index in [1.54, 1.807) is 23.0 Å². The maximum Gasteiger partial charge on any atom is 0.274 e. The number of para-hydroxylation sites is 2. The third kappa shape index (κ3) is 3.76. The van der Waals surface area contributed by atoms with E-state index in [0.717, 1.165) is 54.1 Å². The summed E-state index contributed by atoms with van der Waals surface area (Å²) < 4.78 is 1.70. The fourth-order valence-electron chi connectivity index (χ4n) is 4.50. The van der Waals surface area contributed by atoms with Crippen molar-refractivity contribution >= 4 is 33.7 Å². The van der Waals surface area contributed by atoms with Crippen LogP contribution in [-0.2, 0) is 0 Å². The van der Waals surface area contributed by atoms with E-state index in [1.807, 2.05) is 36.4 Å². The quantitative estimate of drug-likeness (QED) is 0.431. The van der Waals surface area contributed by atoms with Crippen molar-refractivity contribution in [3.05, 3.63) is 90.9 Å². The fraction of sp³-hybridized carbons (Fsp3) is 0.148. The van der Waals surface area contributed by atoms with E-state index in [1.165, 1.54) is 5.39 Å². The SMILES string of the molecule is O=C(Nc1ccccc1N1CCNCC1)c1ccn2ncc(-c3ccc4ccccc4c3)c2n1. The lowest BCUT2D eigenvalue weighted by Gasteiger charge is -2.31. The van der Waals surface area contributed by atoms with Crippen molar-refractivity contribution < 1.29 is 4.79 Å². The number of amides is 1. The number of nitrogens with zero attached hydrogens (tertiary/aromatic N) is 4. The molecule has 1 fully saturated rings. The van der Waals surface area contributed by atoms with Gasteiger partial charge in [-0.15, -0.1) is 0 Å². The van der Waals surface area contributed by atoms with Gasteiger partial charge < -0.3 is 15.5 Å². The van der Waals surface area contributed by atoms with Crippen LogP contribution in [0, 0.1) is 0 Å². The molecule has 0 aliphatic carbocycles. The number of carbonyl (C=O) groups is 1. The maximum absolute atomic E-state index is 13.2. The van der Waals surface area contributed by atoms with E-state index >= 15 is 0 Å². The van der Waals surface area contributed by atoms with E-state index in [2.05, 4.69) is 51.0 Å². The molecule has 2 N–H and O–H groups in total. The average Bonchev–Trinajstić information content (AvgIpc) is 3.32. The van der Waals surface area contributed by atoms with Gasteiger partial charge in [0, 0.05) is 37.9 Å². The molecule has 5 aromatic rings. The summed E-state index contributed by atoms with van der Waals surface area (Å²) in [6.07, 6.45) is 3.58. The molecule has 7 heteroatoms. The number of hydrogen-bond donors (Lipinski definition) is 2. The first-order valence-corrected chi connectivity index (χ1v) is 11.5. The van der Waals surface area contributed by atoms with Crippen LogP contribution in [-0.4, -0.2) is 46.7 Å². The van der Waals surface area contributed by atoms with Gasteiger partial charge in [0.25, 0.3) is 5.91 Å². The first-order valence-electron chi connectivity index (χ1n) is 11.5. The minimum Gasteiger partial charge on any atom is -0.367 e. The highest BCUT2D eigenvalue weighted by Crippen LogP contribution is 2.28. The predicted octanol–water partition coefficient (Wildman–Crippen LogP) is 4.21. The molecule has 0 spiro atoms. The fourth-order valence-corrected chi connectivity index (χ4v) is 4.50. The number of aromatic nitrogens is 3. The zero-order valence-corrected chi connectivity index (χ0v) is 18.6. The van der Waals surface area contributed by atoms with Crippen LogP contribution in [0.1, 0.15) is 10.5 Å². The molecule has 1 amide bonds. The topological polar surface area (TPSA) is 74.6 Å². The van der Waals surface area contributed by atoms with Crippen molar-refractivity contribution in [2.75, 3.05) is 36.4 Å². The molecular weight excluding hydrogens is 424 g/mol. The second-order valence-electron chi connectivity index (χ2n) is 8.41. The second-order valence-corrected chi connectivity index (χ2v) is 8.41. The number of rotatable bonds is 4. The Labute approximate surface area is 197 Å². The third-order valence-corrected chi connectivity index (χ3v) is 6.27. The summed E-state index contributed by atoms with van der Waals surface area (Å²) >= 11 is 0. The third-order valence-electron chi connectivity index (χ3n) is 6.27. The molecular formula is C27H24N6O. The van der Waals surface area contributed by atoms with Crippen molar-refractivity contribution in [1.29, 1.82) is 0 Å². The highest BCUT2D eigenvalue weighted by molar-refractivity contribution is 6.05. The number of benzene rings is 3. The van der Waals surface area contributed by atoms with Gasteiger partial charge in [0.1, 0.15) is 5.69 Å². The van der Waals surface area contributed by atoms with E-state index < -0.39 is 0 Å². The molecule has 0 radical (unpaired) electrons. The van der Waals surface area contributed by atoms with Gasteiger partial charge in [-0.3, -0.25) is 4.79 Å². The minimum absolute atomic E-state index is 0.240. The second kappa shape index (κ2) is 8.61. The van der Waals surface area contributed by atoms with Gasteiger partial charge in [-0.25, -0.2) is 9.50 Å². The van der Waals surface area contributed by atoms with E-state index in [4.69, 9.17) is 4.98 Å². The average molecular weight is 449 g/mol. The lowest BCUT2D eigenvalue weighted by atomic mass is 10.0. The number of piperazine rings is 1.